The summed E-state index contributed by atoms with van der Waals surface area (Å²) in [5.41, 5.74) is 3.96. The number of ether oxygens (including phenoxy) is 1. The van der Waals surface area contributed by atoms with Gasteiger partial charge in [0.15, 0.2) is 0 Å². The van der Waals surface area contributed by atoms with Crippen LogP contribution in [0.4, 0.5) is 0 Å². The van der Waals surface area contributed by atoms with E-state index in [9.17, 15) is 4.79 Å². The van der Waals surface area contributed by atoms with Gasteiger partial charge in [-0.15, -0.1) is 0 Å². The maximum Gasteiger partial charge on any atom is 0.339 e. The van der Waals surface area contributed by atoms with E-state index in [1.807, 2.05) is 56.3 Å². The Balaban J connectivity index is 1.97. The molecule has 4 nitrogen and oxygen atoms in total. The van der Waals surface area contributed by atoms with Crippen LogP contribution in [0, 0.1) is 6.92 Å². The Morgan fingerprint density at radius 3 is 2.65 bits per heavy atom. The zero-order valence-electron chi connectivity index (χ0n) is 13.2. The van der Waals surface area contributed by atoms with Crippen molar-refractivity contribution >= 4 is 16.9 Å². The number of fused-ring (bicyclic) bond motifs is 1. The number of pyridine rings is 2. The fourth-order valence-corrected chi connectivity index (χ4v) is 2.66. The number of carbonyl (C=O) groups excluding carboxylic acids is 1. The Morgan fingerprint density at radius 2 is 1.91 bits per heavy atom. The predicted octanol–water partition coefficient (Wildman–Crippen LogP) is 3.86. The molecule has 0 aliphatic carbocycles. The van der Waals surface area contributed by atoms with Crippen LogP contribution in [0.2, 0.25) is 0 Å². The van der Waals surface area contributed by atoms with Gasteiger partial charge in [-0.2, -0.15) is 0 Å². The van der Waals surface area contributed by atoms with Crippen molar-refractivity contribution in [3.63, 3.8) is 0 Å². The fraction of sp³-hybridized carbons (Fsp3) is 0.211. The van der Waals surface area contributed by atoms with Gasteiger partial charge in [-0.3, -0.25) is 9.97 Å². The molecule has 3 aromatic rings. The molecule has 0 bridgehead atoms. The molecular formula is C19H18N2O2. The molecular weight excluding hydrogens is 288 g/mol. The van der Waals surface area contributed by atoms with Crippen molar-refractivity contribution in [1.29, 1.82) is 0 Å². The topological polar surface area (TPSA) is 52.1 Å². The smallest absolute Gasteiger partial charge is 0.339 e. The van der Waals surface area contributed by atoms with Crippen molar-refractivity contribution in [2.75, 3.05) is 0 Å². The monoisotopic (exact) mass is 306 g/mol. The highest BCUT2D eigenvalue weighted by molar-refractivity contribution is 6.04. The number of rotatable bonds is 4. The molecule has 0 amide bonds. The van der Waals surface area contributed by atoms with Crippen molar-refractivity contribution in [3.8, 4) is 0 Å². The zero-order chi connectivity index (χ0) is 16.2. The van der Waals surface area contributed by atoms with Gasteiger partial charge in [0.1, 0.15) is 6.61 Å². The van der Waals surface area contributed by atoms with E-state index in [4.69, 9.17) is 4.74 Å². The molecule has 0 saturated heterocycles. The molecule has 0 atom stereocenters. The molecule has 0 saturated carbocycles. The molecule has 4 heteroatoms. The van der Waals surface area contributed by atoms with E-state index in [0.717, 1.165) is 34.3 Å². The summed E-state index contributed by atoms with van der Waals surface area (Å²) in [4.78, 5) is 21.5. The molecule has 23 heavy (non-hydrogen) atoms. The van der Waals surface area contributed by atoms with Gasteiger partial charge in [0.25, 0.3) is 0 Å². The highest BCUT2D eigenvalue weighted by atomic mass is 16.5. The number of aryl methyl sites for hydroxylation is 1. The molecule has 116 valence electrons. The summed E-state index contributed by atoms with van der Waals surface area (Å²) in [7, 11) is 0. The number of benzene rings is 1. The molecule has 1 aromatic carbocycles. The van der Waals surface area contributed by atoms with Crippen molar-refractivity contribution in [1.82, 2.24) is 9.97 Å². The van der Waals surface area contributed by atoms with Gasteiger partial charge in [0.2, 0.25) is 0 Å². The maximum atomic E-state index is 12.6. The number of nitrogens with zero attached hydrogens (tertiary/aromatic N) is 2. The maximum absolute atomic E-state index is 12.6. The van der Waals surface area contributed by atoms with Crippen LogP contribution >= 0.6 is 0 Å². The lowest BCUT2D eigenvalue weighted by atomic mass is 10.0. The Kier molecular flexibility index (Phi) is 4.33. The first-order valence-electron chi connectivity index (χ1n) is 7.66. The van der Waals surface area contributed by atoms with Crippen LogP contribution in [0.3, 0.4) is 0 Å². The van der Waals surface area contributed by atoms with Crippen molar-refractivity contribution < 1.29 is 9.53 Å². The third-order valence-corrected chi connectivity index (χ3v) is 3.85. The first kappa shape index (κ1) is 15.2. The summed E-state index contributed by atoms with van der Waals surface area (Å²) in [5, 5.41) is 0.827. The second kappa shape index (κ2) is 6.57. The van der Waals surface area contributed by atoms with Gasteiger partial charge in [-0.05, 0) is 37.1 Å². The normalized spacial score (nSPS) is 10.7. The third-order valence-electron chi connectivity index (χ3n) is 3.85. The molecule has 2 aromatic heterocycles. The van der Waals surface area contributed by atoms with E-state index in [2.05, 4.69) is 9.97 Å². The van der Waals surface area contributed by atoms with Crippen LogP contribution in [-0.2, 0) is 17.8 Å². The third kappa shape index (κ3) is 3.06. The number of aromatic nitrogens is 2. The van der Waals surface area contributed by atoms with Crippen LogP contribution in [0.15, 0.2) is 48.7 Å². The number of carbonyl (C=O) groups is 1. The van der Waals surface area contributed by atoms with E-state index >= 15 is 0 Å². The number of hydrogen-bond acceptors (Lipinski definition) is 4. The number of esters is 1. The number of para-hydroxylation sites is 1. The largest absolute Gasteiger partial charge is 0.456 e. The van der Waals surface area contributed by atoms with Crippen LogP contribution in [0.1, 0.15) is 34.2 Å². The van der Waals surface area contributed by atoms with Gasteiger partial charge in [0.05, 0.1) is 16.8 Å². The van der Waals surface area contributed by atoms with E-state index in [1.165, 1.54) is 0 Å². The van der Waals surface area contributed by atoms with E-state index in [-0.39, 0.29) is 12.6 Å². The molecule has 0 fully saturated rings. The van der Waals surface area contributed by atoms with Gasteiger partial charge in [-0.25, -0.2) is 4.79 Å². The molecule has 0 N–H and O–H groups in total. The zero-order valence-corrected chi connectivity index (χ0v) is 13.2. The summed E-state index contributed by atoms with van der Waals surface area (Å²) in [5.74, 6) is -0.332. The lowest BCUT2D eigenvalue weighted by Gasteiger charge is -2.13. The van der Waals surface area contributed by atoms with Gasteiger partial charge < -0.3 is 4.74 Å². The van der Waals surface area contributed by atoms with Gasteiger partial charge in [0, 0.05) is 17.3 Å². The highest BCUT2D eigenvalue weighted by Gasteiger charge is 2.18. The first-order chi connectivity index (χ1) is 11.2. The Labute approximate surface area is 135 Å². The van der Waals surface area contributed by atoms with Crippen molar-refractivity contribution in [3.05, 3.63) is 71.2 Å². The summed E-state index contributed by atoms with van der Waals surface area (Å²) in [6, 6.07) is 13.2. The van der Waals surface area contributed by atoms with Gasteiger partial charge >= 0.3 is 5.97 Å². The Bertz CT molecular complexity index is 845. The fourth-order valence-electron chi connectivity index (χ4n) is 2.66. The molecule has 0 aliphatic heterocycles. The van der Waals surface area contributed by atoms with E-state index in [1.54, 1.807) is 6.20 Å². The van der Waals surface area contributed by atoms with Crippen molar-refractivity contribution in [2.45, 2.75) is 26.9 Å². The summed E-state index contributed by atoms with van der Waals surface area (Å²) >= 11 is 0. The highest BCUT2D eigenvalue weighted by Crippen LogP contribution is 2.24. The van der Waals surface area contributed by atoms with E-state index < -0.39 is 0 Å². The molecule has 0 radical (unpaired) electrons. The Hall–Kier alpha value is -2.75. The molecule has 0 unspecified atom stereocenters. The second-order valence-electron chi connectivity index (χ2n) is 5.33. The molecule has 3 rings (SSSR count). The minimum Gasteiger partial charge on any atom is -0.456 e. The van der Waals surface area contributed by atoms with Crippen LogP contribution in [0.25, 0.3) is 10.9 Å². The van der Waals surface area contributed by atoms with Crippen LogP contribution < -0.4 is 0 Å². The summed E-state index contributed by atoms with van der Waals surface area (Å²) in [6.45, 7) is 4.12. The lowest BCUT2D eigenvalue weighted by Crippen LogP contribution is -2.11. The predicted molar refractivity (Wildman–Crippen MR) is 89.2 cm³/mol. The number of hydrogen-bond donors (Lipinski definition) is 0. The summed E-state index contributed by atoms with van der Waals surface area (Å²) < 4.78 is 5.47. The minimum atomic E-state index is -0.332. The minimum absolute atomic E-state index is 0.164. The Morgan fingerprint density at radius 1 is 1.13 bits per heavy atom. The first-order valence-corrected chi connectivity index (χ1v) is 7.66. The SMILES string of the molecule is CCc1nc2ccccc2c(C(=O)OCc2ccccn2)c1C. The average Bonchev–Trinajstić information content (AvgIpc) is 2.60. The summed E-state index contributed by atoms with van der Waals surface area (Å²) in [6.07, 6.45) is 2.46. The molecule has 2 heterocycles. The quantitative estimate of drug-likeness (QED) is 0.687. The average molecular weight is 306 g/mol. The van der Waals surface area contributed by atoms with Crippen molar-refractivity contribution in [2.24, 2.45) is 0 Å². The lowest BCUT2D eigenvalue weighted by molar-refractivity contribution is 0.0469. The van der Waals surface area contributed by atoms with E-state index in [0.29, 0.717) is 5.56 Å². The molecule has 0 spiro atoms. The molecule has 0 aliphatic rings. The van der Waals surface area contributed by atoms with Crippen LogP contribution in [-0.4, -0.2) is 15.9 Å². The van der Waals surface area contributed by atoms with Gasteiger partial charge in [-0.1, -0.05) is 31.2 Å². The standard InChI is InChI=1S/C19H18N2O2/c1-3-16-13(2)18(15-9-4-5-10-17(15)21-16)19(22)23-12-14-8-6-7-11-20-14/h4-11H,3,12H2,1-2H3. The second-order valence-corrected chi connectivity index (χ2v) is 5.33. The van der Waals surface area contributed by atoms with Crippen LogP contribution in [0.5, 0.6) is 0 Å².